The van der Waals surface area contributed by atoms with Gasteiger partial charge in [-0.25, -0.2) is 4.79 Å². The molecule has 0 radical (unpaired) electrons. The number of alkyl halides is 2. The van der Waals surface area contributed by atoms with Gasteiger partial charge in [0.1, 0.15) is 30.0 Å². The van der Waals surface area contributed by atoms with Crippen molar-refractivity contribution in [3.05, 3.63) is 128 Å². The molecule has 0 aliphatic carbocycles. The molecule has 23 heteroatoms. The second-order valence-corrected chi connectivity index (χ2v) is 19.5. The Hall–Kier alpha value is -7.85. The molecule has 9 rings (SSSR count). The van der Waals surface area contributed by atoms with E-state index in [1.165, 1.54) is 34.1 Å². The van der Waals surface area contributed by atoms with E-state index in [2.05, 4.69) is 0 Å². The fourth-order valence-electron chi connectivity index (χ4n) is 9.73. The van der Waals surface area contributed by atoms with Crippen LogP contribution < -0.4 is 24.0 Å². The molecule has 3 aliphatic heterocycles. The molecular weight excluding hydrogens is 1050 g/mol. The molecule has 6 aromatic rings. The number of thiophene rings is 1. The molecule has 76 heavy (non-hydrogen) atoms. The number of rotatable bonds is 14. The third-order valence-electron chi connectivity index (χ3n) is 12.8. The number of esters is 4. The Kier molecular flexibility index (Phi) is 15.5. The van der Waals surface area contributed by atoms with Gasteiger partial charge >= 0.3 is 30.0 Å². The summed E-state index contributed by atoms with van der Waals surface area (Å²) in [6.45, 7) is 4.29. The Labute approximate surface area is 446 Å². The molecule has 7 atom stereocenters. The topological polar surface area (TPSA) is 243 Å². The Morgan fingerprint density at radius 2 is 1.12 bits per heavy atom. The number of anilines is 2. The molecule has 0 spiro atoms. The first-order valence-electron chi connectivity index (χ1n) is 23.5. The van der Waals surface area contributed by atoms with Crippen molar-refractivity contribution in [1.82, 2.24) is 0 Å². The van der Waals surface area contributed by atoms with E-state index >= 15 is 0 Å². The fourth-order valence-corrected chi connectivity index (χ4v) is 11.1. The summed E-state index contributed by atoms with van der Waals surface area (Å²) in [5, 5.41) is 13.5. The third-order valence-corrected chi connectivity index (χ3v) is 14.6. The highest BCUT2D eigenvalue weighted by Gasteiger charge is 2.54. The number of halogens is 2. The van der Waals surface area contributed by atoms with Crippen LogP contribution in [0.4, 0.5) is 21.9 Å². The number of carbonyl (C=O) groups excluding carboxylic acids is 7. The molecule has 0 N–H and O–H groups in total. The maximum atomic E-state index is 14.9. The zero-order chi connectivity index (χ0) is 54.1. The van der Waals surface area contributed by atoms with Gasteiger partial charge in [0.05, 0.1) is 26.1 Å². The molecule has 2 amide bonds. The van der Waals surface area contributed by atoms with Gasteiger partial charge in [-0.15, -0.1) is 34.5 Å². The van der Waals surface area contributed by atoms with Gasteiger partial charge in [0.2, 0.25) is 12.4 Å². The summed E-state index contributed by atoms with van der Waals surface area (Å²) in [6, 6.07) is 25.4. The lowest BCUT2D eigenvalue weighted by molar-refractivity contribution is -0.384. The minimum absolute atomic E-state index is 0.00375. The molecule has 20 nitrogen and oxygen atoms in total. The molecule has 4 heterocycles. The molecule has 1 fully saturated rings. The highest BCUT2D eigenvalue weighted by Crippen LogP contribution is 2.49. The number of benzene rings is 5. The molecule has 1 saturated heterocycles. The van der Waals surface area contributed by atoms with Crippen LogP contribution in [0.3, 0.4) is 0 Å². The number of hydrogen-bond acceptors (Lipinski definition) is 18. The van der Waals surface area contributed by atoms with Crippen molar-refractivity contribution >= 4 is 115 Å². The summed E-state index contributed by atoms with van der Waals surface area (Å²) in [5.41, 5.74) is 2.10. The Balaban J connectivity index is 1.03. The Morgan fingerprint density at radius 3 is 1.62 bits per heavy atom. The van der Waals surface area contributed by atoms with E-state index in [9.17, 15) is 43.7 Å². The SMILES string of the molecule is CC(=O)OC[C@H]1O[C@@H](Oc2cc3c(c4ccccc24)[C@H](CCl)CN3C(=O)c2ccc(C(=O)N3C[C@@H](CCl)c4c3cc(OC(=O)Oc3ccc([N+](=O)[O-])cc3)c3ccccc43)s2)[C@H](OC(C)=O)[C@@H](OC(C)=O)[C@H]1OC(C)=O. The molecule has 5 aromatic carbocycles. The second kappa shape index (κ2) is 22.2. The third kappa shape index (κ3) is 10.7. The number of ether oxygens (including phenoxy) is 8. The number of nitrogens with zero attached hydrogens (tertiary/aromatic N) is 3. The smallest absolute Gasteiger partial charge is 0.463 e. The monoisotopic (exact) mass is 1100 g/mol. The number of nitro benzene ring substituents is 1. The van der Waals surface area contributed by atoms with Gasteiger partial charge in [0.15, 0.2) is 12.2 Å². The fraction of sp³-hybridized carbons (Fsp3) is 0.302. The number of hydrogen-bond donors (Lipinski definition) is 0. The summed E-state index contributed by atoms with van der Waals surface area (Å²) in [7, 11) is 0. The first kappa shape index (κ1) is 53.0. The van der Waals surface area contributed by atoms with Crippen molar-refractivity contribution in [3.63, 3.8) is 0 Å². The first-order chi connectivity index (χ1) is 36.4. The van der Waals surface area contributed by atoms with Crippen molar-refractivity contribution in [2.24, 2.45) is 0 Å². The first-order valence-corrected chi connectivity index (χ1v) is 25.4. The van der Waals surface area contributed by atoms with Crippen LogP contribution in [0.2, 0.25) is 0 Å². The molecule has 0 bridgehead atoms. The van der Waals surface area contributed by atoms with Crippen LogP contribution in [0.15, 0.2) is 97.1 Å². The zero-order valence-corrected chi connectivity index (χ0v) is 43.1. The van der Waals surface area contributed by atoms with Gasteiger partial charge in [-0.2, -0.15) is 0 Å². The van der Waals surface area contributed by atoms with E-state index in [1.807, 2.05) is 12.1 Å². The Morgan fingerprint density at radius 1 is 0.632 bits per heavy atom. The van der Waals surface area contributed by atoms with E-state index in [4.69, 9.17) is 61.1 Å². The standard InChI is InChI=1S/C53H45Cl2N3O17S/c1-26(59)68-25-42-47(69-27(2)60)48(70-28(3)61)49(71-29(4)62)52(74-42)73-40-19-38-45(36-11-7-5-9-34(36)40)30(21-54)23-56(38)50(63)43-17-18-44(76-43)51(64)57-24-31(22-55)46-37-12-8-6-10-35(37)41(20-39(46)57)75-53(65)72-33-15-13-32(14-16-33)58(66)67/h5-20,30-31,42,47-49,52H,21-25H2,1-4H3/t30-,31-,42-,47+,48+,49-,52-/m1/s1. The second-order valence-electron chi connectivity index (χ2n) is 17.8. The van der Waals surface area contributed by atoms with Crippen LogP contribution in [0, 0.1) is 10.1 Å². The van der Waals surface area contributed by atoms with Gasteiger partial charge in [0.25, 0.3) is 17.5 Å². The molecule has 0 unspecified atom stereocenters. The van der Waals surface area contributed by atoms with Crippen LogP contribution in [-0.2, 0) is 42.9 Å². The van der Waals surface area contributed by atoms with Gasteiger partial charge in [0, 0.05) is 99.4 Å². The average molecular weight is 1100 g/mol. The summed E-state index contributed by atoms with van der Waals surface area (Å²) in [4.78, 5) is 106. The van der Waals surface area contributed by atoms with E-state index in [1.54, 1.807) is 60.7 Å². The normalized spacial score (nSPS) is 20.5. The van der Waals surface area contributed by atoms with Crippen LogP contribution in [0.1, 0.15) is 70.0 Å². The molecule has 3 aliphatic rings. The number of fused-ring (bicyclic) bond motifs is 6. The van der Waals surface area contributed by atoms with E-state index in [0.717, 1.165) is 50.2 Å². The van der Waals surface area contributed by atoms with Crippen molar-refractivity contribution in [2.75, 3.05) is 41.3 Å². The molecule has 394 valence electrons. The van der Waals surface area contributed by atoms with Crippen molar-refractivity contribution in [3.8, 4) is 17.2 Å². The van der Waals surface area contributed by atoms with Crippen molar-refractivity contribution < 1.29 is 76.4 Å². The summed E-state index contributed by atoms with van der Waals surface area (Å²) in [6.07, 6.45) is -8.50. The quantitative estimate of drug-likeness (QED) is 0.0247. The highest BCUT2D eigenvalue weighted by atomic mass is 35.5. The number of non-ortho nitro benzene ring substituents is 1. The summed E-state index contributed by atoms with van der Waals surface area (Å²) < 4.78 is 46.0. The lowest BCUT2D eigenvalue weighted by atomic mass is 9.95. The minimum Gasteiger partial charge on any atom is -0.463 e. The largest absolute Gasteiger partial charge is 0.519 e. The number of carbonyl (C=O) groups is 7. The van der Waals surface area contributed by atoms with E-state index in [0.29, 0.717) is 32.9 Å². The Bertz CT molecular complexity index is 3330. The van der Waals surface area contributed by atoms with E-state index in [-0.39, 0.29) is 69.4 Å². The molecule has 0 saturated carbocycles. The number of amides is 2. The maximum Gasteiger partial charge on any atom is 0.519 e. The average Bonchev–Trinajstić information content (AvgIpc) is 4.17. The lowest BCUT2D eigenvalue weighted by Gasteiger charge is -2.44. The van der Waals surface area contributed by atoms with Gasteiger partial charge in [-0.3, -0.25) is 38.9 Å². The lowest BCUT2D eigenvalue weighted by Crippen LogP contribution is -2.63. The van der Waals surface area contributed by atoms with Crippen LogP contribution in [-0.4, -0.2) is 109 Å². The van der Waals surface area contributed by atoms with Crippen LogP contribution in [0.25, 0.3) is 21.5 Å². The van der Waals surface area contributed by atoms with Gasteiger partial charge in [-0.05, 0) is 46.2 Å². The van der Waals surface area contributed by atoms with Gasteiger partial charge in [-0.1, -0.05) is 48.5 Å². The van der Waals surface area contributed by atoms with E-state index < -0.39 is 84.1 Å². The summed E-state index contributed by atoms with van der Waals surface area (Å²) >= 11 is 14.2. The predicted octanol–water partition coefficient (Wildman–Crippen LogP) is 8.97. The molecule has 1 aromatic heterocycles. The van der Waals surface area contributed by atoms with Crippen LogP contribution in [0.5, 0.6) is 17.2 Å². The zero-order valence-electron chi connectivity index (χ0n) is 40.8. The number of nitro groups is 1. The summed E-state index contributed by atoms with van der Waals surface area (Å²) in [5.74, 6) is -4.33. The van der Waals surface area contributed by atoms with Crippen LogP contribution >= 0.6 is 34.5 Å². The maximum absolute atomic E-state index is 14.9. The van der Waals surface area contributed by atoms with Crippen molar-refractivity contribution in [2.45, 2.75) is 70.2 Å². The highest BCUT2D eigenvalue weighted by molar-refractivity contribution is 7.16. The molecular formula is C53H45Cl2N3O17S. The predicted molar refractivity (Wildman–Crippen MR) is 275 cm³/mol. The minimum atomic E-state index is -1.59. The van der Waals surface area contributed by atoms with Crippen molar-refractivity contribution in [1.29, 1.82) is 0 Å². The van der Waals surface area contributed by atoms with Gasteiger partial charge < -0.3 is 47.7 Å².